The molecule has 0 amide bonds. The first kappa shape index (κ1) is 5.76. The van der Waals surface area contributed by atoms with Gasteiger partial charge in [0.25, 0.3) is 0 Å². The zero-order chi connectivity index (χ0) is 6.32. The Morgan fingerprint density at radius 1 is 1.78 bits per heavy atom. The number of hydrogen-bond donors (Lipinski definition) is 0. The van der Waals surface area contributed by atoms with Gasteiger partial charge in [0.1, 0.15) is 0 Å². The summed E-state index contributed by atoms with van der Waals surface area (Å²) in [6, 6.07) is 0. The van der Waals surface area contributed by atoms with E-state index in [1.54, 1.807) is 0 Å². The Kier molecular flexibility index (Phi) is 1.11. The van der Waals surface area contributed by atoms with Crippen molar-refractivity contribution in [2.24, 2.45) is 5.92 Å². The molecule has 1 fully saturated rings. The first-order chi connectivity index (χ1) is 4.37. The maximum atomic E-state index is 3.89. The molecule has 1 heterocycles. The van der Waals surface area contributed by atoms with Crippen molar-refractivity contribution in [1.82, 2.24) is 0 Å². The summed E-state index contributed by atoms with van der Waals surface area (Å²) in [4.78, 5) is 2.37. The van der Waals surface area contributed by atoms with Gasteiger partial charge in [-0.05, 0) is 0 Å². The van der Waals surface area contributed by atoms with Crippen molar-refractivity contribution in [1.29, 1.82) is 0 Å². The topological polar surface area (TPSA) is 0 Å². The van der Waals surface area contributed by atoms with Gasteiger partial charge < -0.3 is 0 Å². The van der Waals surface area contributed by atoms with Crippen LogP contribution in [0.1, 0.15) is 12.8 Å². The molecule has 1 aliphatic heterocycles. The number of fused-ring (bicyclic) bond motifs is 1. The van der Waals surface area contributed by atoms with E-state index < -0.39 is 0 Å². The van der Waals surface area contributed by atoms with Crippen molar-refractivity contribution in [2.75, 3.05) is 0 Å². The molecule has 0 nitrogen and oxygen atoms in total. The van der Waals surface area contributed by atoms with E-state index in [2.05, 4.69) is 23.7 Å². The van der Waals surface area contributed by atoms with Gasteiger partial charge >= 0.3 is 61.7 Å². The zero-order valence-corrected chi connectivity index (χ0v) is 7.05. The van der Waals surface area contributed by atoms with Crippen LogP contribution in [0.2, 0.25) is 4.31 Å². The van der Waals surface area contributed by atoms with Crippen LogP contribution in [0.4, 0.5) is 0 Å². The summed E-state index contributed by atoms with van der Waals surface area (Å²) in [6.45, 7) is 3.89. The van der Waals surface area contributed by atoms with Gasteiger partial charge in [0.2, 0.25) is 0 Å². The summed E-state index contributed by atoms with van der Waals surface area (Å²) >= 11 is 0.734. The van der Waals surface area contributed by atoms with E-state index in [1.807, 2.05) is 0 Å². The normalized spacial score (nSPS) is 46.0. The third-order valence-corrected chi connectivity index (χ3v) is 5.37. The Hall–Kier alpha value is -0.000519. The van der Waals surface area contributed by atoms with Gasteiger partial charge in [0.15, 0.2) is 0 Å². The molecule has 0 spiro atoms. The van der Waals surface area contributed by atoms with Gasteiger partial charge in [-0.25, -0.2) is 0 Å². The van der Waals surface area contributed by atoms with Crippen LogP contribution in [0.3, 0.4) is 0 Å². The number of rotatable bonds is 1. The Balaban J connectivity index is 2.24. The van der Waals surface area contributed by atoms with E-state index in [0.29, 0.717) is 4.31 Å². The van der Waals surface area contributed by atoms with Gasteiger partial charge in [-0.2, -0.15) is 0 Å². The minimum absolute atomic E-state index is 0.590. The molecule has 2 aliphatic rings. The summed E-state index contributed by atoms with van der Waals surface area (Å²) in [6.07, 6.45) is 7.37. The molecule has 2 rings (SSSR count). The van der Waals surface area contributed by atoms with Crippen LogP contribution in [-0.2, 0) is 0 Å². The van der Waals surface area contributed by atoms with Gasteiger partial charge in [0, 0.05) is 0 Å². The predicted octanol–water partition coefficient (Wildman–Crippen LogP) is 1.97. The maximum absolute atomic E-state index is 3.89. The molecule has 0 radical (unpaired) electrons. The van der Waals surface area contributed by atoms with E-state index in [9.17, 15) is 0 Å². The summed E-state index contributed by atoms with van der Waals surface area (Å²) in [5.41, 5.74) is 0. The Labute approximate surface area is 62.2 Å². The summed E-state index contributed by atoms with van der Waals surface area (Å²) in [7, 11) is 0. The molecule has 2 atom stereocenters. The SMILES string of the molecule is C=CC12CCC1C=C[Se]2. The predicted molar refractivity (Wildman–Crippen MR) is 40.5 cm³/mol. The molecule has 0 aromatic heterocycles. The van der Waals surface area contributed by atoms with Crippen molar-refractivity contribution in [3.63, 3.8) is 0 Å². The van der Waals surface area contributed by atoms with Crippen molar-refractivity contribution < 1.29 is 0 Å². The van der Waals surface area contributed by atoms with Crippen LogP contribution in [0.15, 0.2) is 23.7 Å². The monoisotopic (exact) mass is 186 g/mol. The average Bonchev–Trinajstić information content (AvgIpc) is 2.10. The molecular formula is C8H10Se. The summed E-state index contributed by atoms with van der Waals surface area (Å²) in [5.74, 6) is 0.884. The fraction of sp³-hybridized carbons (Fsp3) is 0.500. The van der Waals surface area contributed by atoms with Gasteiger partial charge in [-0.3, -0.25) is 0 Å². The van der Waals surface area contributed by atoms with Gasteiger partial charge in [-0.15, -0.1) is 0 Å². The average molecular weight is 185 g/mol. The quantitative estimate of drug-likeness (QED) is 0.432. The molecule has 1 heteroatoms. The molecule has 0 saturated heterocycles. The summed E-state index contributed by atoms with van der Waals surface area (Å²) < 4.78 is 0.590. The second kappa shape index (κ2) is 1.74. The van der Waals surface area contributed by atoms with Crippen molar-refractivity contribution in [3.8, 4) is 0 Å². The summed E-state index contributed by atoms with van der Waals surface area (Å²) in [5, 5.41) is 0. The van der Waals surface area contributed by atoms with E-state index in [-0.39, 0.29) is 0 Å². The second-order valence-electron chi connectivity index (χ2n) is 2.75. The van der Waals surface area contributed by atoms with Crippen molar-refractivity contribution in [2.45, 2.75) is 17.2 Å². The molecule has 0 N–H and O–H groups in total. The zero-order valence-electron chi connectivity index (χ0n) is 5.34. The number of allylic oxidation sites excluding steroid dienone is 2. The van der Waals surface area contributed by atoms with Gasteiger partial charge in [-0.1, -0.05) is 0 Å². The fourth-order valence-electron chi connectivity index (χ4n) is 1.56. The van der Waals surface area contributed by atoms with E-state index in [1.165, 1.54) is 12.8 Å². The Morgan fingerprint density at radius 2 is 2.67 bits per heavy atom. The molecule has 0 bridgehead atoms. The van der Waals surface area contributed by atoms with Crippen LogP contribution in [0.25, 0.3) is 0 Å². The molecule has 2 unspecified atom stereocenters. The molecule has 1 aliphatic carbocycles. The minimum atomic E-state index is 0.590. The fourth-order valence-corrected chi connectivity index (χ4v) is 4.13. The van der Waals surface area contributed by atoms with Crippen LogP contribution in [-0.4, -0.2) is 15.0 Å². The third-order valence-electron chi connectivity index (χ3n) is 2.42. The molecular weight excluding hydrogens is 175 g/mol. The van der Waals surface area contributed by atoms with E-state index >= 15 is 0 Å². The molecule has 0 aromatic rings. The van der Waals surface area contributed by atoms with Crippen molar-refractivity contribution >= 4 is 15.0 Å². The van der Waals surface area contributed by atoms with Gasteiger partial charge in [0.05, 0.1) is 0 Å². The number of hydrogen-bond acceptors (Lipinski definition) is 0. The van der Waals surface area contributed by atoms with Crippen LogP contribution in [0, 0.1) is 5.92 Å². The van der Waals surface area contributed by atoms with Crippen LogP contribution >= 0.6 is 0 Å². The molecule has 48 valence electrons. The van der Waals surface area contributed by atoms with E-state index in [0.717, 1.165) is 20.9 Å². The second-order valence-corrected chi connectivity index (χ2v) is 5.41. The van der Waals surface area contributed by atoms with Crippen LogP contribution < -0.4 is 0 Å². The molecule has 0 aromatic carbocycles. The first-order valence-corrected chi connectivity index (χ1v) is 5.20. The van der Waals surface area contributed by atoms with E-state index in [4.69, 9.17) is 0 Å². The van der Waals surface area contributed by atoms with Crippen LogP contribution in [0.5, 0.6) is 0 Å². The Bertz CT molecular complexity index is 171. The standard InChI is InChI=1S/C8H10Se/c1-2-8-5-3-7(8)4-6-9-8/h2,4,6-7H,1,3,5H2. The first-order valence-electron chi connectivity index (χ1n) is 3.35. The molecule has 1 saturated carbocycles. The Morgan fingerprint density at radius 3 is 3.00 bits per heavy atom. The molecule has 9 heavy (non-hydrogen) atoms. The third kappa shape index (κ3) is 0.595. The van der Waals surface area contributed by atoms with Crippen molar-refractivity contribution in [3.05, 3.63) is 23.7 Å².